The highest BCUT2D eigenvalue weighted by atomic mass is 16.6. The third-order valence-electron chi connectivity index (χ3n) is 4.58. The quantitative estimate of drug-likeness (QED) is 0.917. The molecule has 2 N–H and O–H groups in total. The molecule has 134 valence electrons. The summed E-state index contributed by atoms with van der Waals surface area (Å²) in [6, 6.07) is 6.12. The molecule has 2 atom stereocenters. The minimum Gasteiger partial charge on any atom is -0.497 e. The normalized spacial score (nSPS) is 19.2. The van der Waals surface area contributed by atoms with E-state index in [0.717, 1.165) is 18.7 Å². The zero-order chi connectivity index (χ0) is 17.9. The maximum Gasteiger partial charge on any atom is 0.410 e. The first kappa shape index (κ1) is 18.6. The van der Waals surface area contributed by atoms with Gasteiger partial charge in [0, 0.05) is 19.0 Å². The van der Waals surface area contributed by atoms with Crippen molar-refractivity contribution in [3.63, 3.8) is 0 Å². The third-order valence-corrected chi connectivity index (χ3v) is 4.58. The summed E-state index contributed by atoms with van der Waals surface area (Å²) >= 11 is 0. The van der Waals surface area contributed by atoms with Gasteiger partial charge in [-0.25, -0.2) is 4.79 Å². The van der Waals surface area contributed by atoms with E-state index in [9.17, 15) is 4.79 Å². The number of aryl methyl sites for hydroxylation is 1. The zero-order valence-electron chi connectivity index (χ0n) is 15.5. The Morgan fingerprint density at radius 3 is 2.67 bits per heavy atom. The van der Waals surface area contributed by atoms with Crippen molar-refractivity contribution >= 4 is 6.09 Å². The Hall–Kier alpha value is -1.75. The number of rotatable bonds is 4. The fourth-order valence-corrected chi connectivity index (χ4v) is 3.37. The van der Waals surface area contributed by atoms with Crippen molar-refractivity contribution in [2.75, 3.05) is 26.7 Å². The van der Waals surface area contributed by atoms with Crippen LogP contribution in [0.3, 0.4) is 0 Å². The minimum atomic E-state index is -0.463. The first-order valence-corrected chi connectivity index (χ1v) is 8.57. The Balaban J connectivity index is 2.09. The van der Waals surface area contributed by atoms with Crippen molar-refractivity contribution in [3.05, 3.63) is 29.3 Å². The highest BCUT2D eigenvalue weighted by Gasteiger charge is 2.34. The molecule has 1 aliphatic heterocycles. The Labute approximate surface area is 145 Å². The summed E-state index contributed by atoms with van der Waals surface area (Å²) in [5.41, 5.74) is 8.04. The zero-order valence-corrected chi connectivity index (χ0v) is 15.5. The first-order chi connectivity index (χ1) is 11.2. The van der Waals surface area contributed by atoms with E-state index in [0.29, 0.717) is 19.0 Å². The Kier molecular flexibility index (Phi) is 5.75. The van der Waals surface area contributed by atoms with Crippen LogP contribution in [0.4, 0.5) is 4.79 Å². The van der Waals surface area contributed by atoms with Crippen LogP contribution in [-0.2, 0) is 4.74 Å². The van der Waals surface area contributed by atoms with Gasteiger partial charge in [-0.2, -0.15) is 0 Å². The lowest BCUT2D eigenvalue weighted by atomic mass is 9.83. The molecule has 0 aromatic heterocycles. The molecular weight excluding hydrogens is 304 g/mol. The smallest absolute Gasteiger partial charge is 0.410 e. The number of carbonyl (C=O) groups excluding carboxylic acids is 1. The molecule has 1 saturated heterocycles. The van der Waals surface area contributed by atoms with Crippen LogP contribution in [0.2, 0.25) is 0 Å². The minimum absolute atomic E-state index is 0.229. The lowest BCUT2D eigenvalue weighted by Crippen LogP contribution is -2.36. The van der Waals surface area contributed by atoms with E-state index in [2.05, 4.69) is 13.0 Å². The van der Waals surface area contributed by atoms with Crippen LogP contribution >= 0.6 is 0 Å². The molecule has 1 aromatic rings. The van der Waals surface area contributed by atoms with Crippen molar-refractivity contribution < 1.29 is 14.3 Å². The summed E-state index contributed by atoms with van der Waals surface area (Å²) in [5, 5.41) is 0. The number of nitrogens with two attached hydrogens (primary N) is 1. The first-order valence-electron chi connectivity index (χ1n) is 8.57. The van der Waals surface area contributed by atoms with Crippen LogP contribution in [0.1, 0.15) is 44.2 Å². The van der Waals surface area contributed by atoms with Crippen LogP contribution in [0, 0.1) is 12.8 Å². The molecule has 1 heterocycles. The maximum absolute atomic E-state index is 12.3. The summed E-state index contributed by atoms with van der Waals surface area (Å²) in [6.07, 6.45) is 0.722. The second-order valence-electron chi connectivity index (χ2n) is 7.54. The molecule has 1 amide bonds. The Morgan fingerprint density at radius 1 is 1.42 bits per heavy atom. The maximum atomic E-state index is 12.3. The summed E-state index contributed by atoms with van der Waals surface area (Å²) in [7, 11) is 1.67. The number of ether oxygens (including phenoxy) is 2. The molecule has 0 bridgehead atoms. The van der Waals surface area contributed by atoms with Gasteiger partial charge in [0.15, 0.2) is 0 Å². The lowest BCUT2D eigenvalue weighted by Gasteiger charge is -2.26. The number of methoxy groups -OCH3 is 1. The number of carbonyl (C=O) groups is 1. The third kappa shape index (κ3) is 4.41. The van der Waals surface area contributed by atoms with Crippen LogP contribution in [-0.4, -0.2) is 43.3 Å². The molecule has 1 aromatic carbocycles. The highest BCUT2D eigenvalue weighted by Crippen LogP contribution is 2.34. The van der Waals surface area contributed by atoms with Crippen LogP contribution < -0.4 is 10.5 Å². The molecule has 0 radical (unpaired) electrons. The number of benzene rings is 1. The van der Waals surface area contributed by atoms with Gasteiger partial charge >= 0.3 is 6.09 Å². The van der Waals surface area contributed by atoms with E-state index in [1.807, 2.05) is 32.9 Å². The second kappa shape index (κ2) is 7.43. The van der Waals surface area contributed by atoms with Gasteiger partial charge in [-0.05, 0) is 69.8 Å². The number of nitrogens with zero attached hydrogens (tertiary/aromatic N) is 1. The standard InChI is InChI=1S/C19H30N2O3/c1-13-10-15(23-5)6-7-16(13)17(11-20)14-8-9-21(12-14)18(22)24-19(2,3)4/h6-7,10,14,17H,8-9,11-12,20H2,1-5H3. The molecule has 5 nitrogen and oxygen atoms in total. The van der Waals surface area contributed by atoms with E-state index in [1.165, 1.54) is 11.1 Å². The van der Waals surface area contributed by atoms with Crippen molar-refractivity contribution in [2.45, 2.75) is 45.6 Å². The van der Waals surface area contributed by atoms with Crippen molar-refractivity contribution in [1.29, 1.82) is 0 Å². The van der Waals surface area contributed by atoms with E-state index in [1.54, 1.807) is 12.0 Å². The van der Waals surface area contributed by atoms with Gasteiger partial charge in [0.05, 0.1) is 7.11 Å². The number of likely N-dealkylation sites (tertiary alicyclic amines) is 1. The SMILES string of the molecule is COc1ccc(C(CN)C2CCN(C(=O)OC(C)(C)C)C2)c(C)c1. The summed E-state index contributed by atoms with van der Waals surface area (Å²) in [4.78, 5) is 14.1. The summed E-state index contributed by atoms with van der Waals surface area (Å²) in [5.74, 6) is 1.45. The van der Waals surface area contributed by atoms with Gasteiger partial charge in [-0.1, -0.05) is 6.07 Å². The summed E-state index contributed by atoms with van der Waals surface area (Å²) < 4.78 is 10.8. The highest BCUT2D eigenvalue weighted by molar-refractivity contribution is 5.68. The van der Waals surface area contributed by atoms with Gasteiger partial charge < -0.3 is 20.1 Å². The number of hydrogen-bond donors (Lipinski definition) is 1. The number of hydrogen-bond acceptors (Lipinski definition) is 4. The predicted octanol–water partition coefficient (Wildman–Crippen LogP) is 3.30. The molecule has 1 fully saturated rings. The predicted molar refractivity (Wildman–Crippen MR) is 95.4 cm³/mol. The van der Waals surface area contributed by atoms with Gasteiger partial charge in [0.2, 0.25) is 0 Å². The molecule has 0 saturated carbocycles. The van der Waals surface area contributed by atoms with E-state index in [4.69, 9.17) is 15.2 Å². The fraction of sp³-hybridized carbons (Fsp3) is 0.632. The summed E-state index contributed by atoms with van der Waals surface area (Å²) in [6.45, 7) is 9.75. The molecule has 2 unspecified atom stereocenters. The van der Waals surface area contributed by atoms with Gasteiger partial charge in [0.1, 0.15) is 11.4 Å². The Morgan fingerprint density at radius 2 is 2.12 bits per heavy atom. The average Bonchev–Trinajstić information content (AvgIpc) is 2.97. The largest absolute Gasteiger partial charge is 0.497 e. The topological polar surface area (TPSA) is 64.8 Å². The van der Waals surface area contributed by atoms with Gasteiger partial charge in [-0.3, -0.25) is 0 Å². The van der Waals surface area contributed by atoms with Crippen molar-refractivity contribution in [3.8, 4) is 5.75 Å². The van der Waals surface area contributed by atoms with E-state index < -0.39 is 5.60 Å². The molecule has 5 heteroatoms. The van der Waals surface area contributed by atoms with Crippen LogP contribution in [0.15, 0.2) is 18.2 Å². The van der Waals surface area contributed by atoms with Gasteiger partial charge in [0.25, 0.3) is 0 Å². The van der Waals surface area contributed by atoms with E-state index >= 15 is 0 Å². The molecular formula is C19H30N2O3. The lowest BCUT2D eigenvalue weighted by molar-refractivity contribution is 0.0286. The van der Waals surface area contributed by atoms with Crippen LogP contribution in [0.5, 0.6) is 5.75 Å². The second-order valence-corrected chi connectivity index (χ2v) is 7.54. The molecule has 1 aliphatic rings. The average molecular weight is 334 g/mol. The molecule has 0 spiro atoms. The van der Waals surface area contributed by atoms with Crippen LogP contribution in [0.25, 0.3) is 0 Å². The molecule has 2 rings (SSSR count). The fourth-order valence-electron chi connectivity index (χ4n) is 3.37. The van der Waals surface area contributed by atoms with Gasteiger partial charge in [-0.15, -0.1) is 0 Å². The van der Waals surface area contributed by atoms with Crippen molar-refractivity contribution in [2.24, 2.45) is 11.7 Å². The van der Waals surface area contributed by atoms with Crippen molar-refractivity contribution in [1.82, 2.24) is 4.90 Å². The molecule has 0 aliphatic carbocycles. The monoisotopic (exact) mass is 334 g/mol. The molecule has 24 heavy (non-hydrogen) atoms. The Bertz CT molecular complexity index is 580. The van der Waals surface area contributed by atoms with E-state index in [-0.39, 0.29) is 12.0 Å². The number of amides is 1.